The maximum absolute atomic E-state index is 6.27. The Labute approximate surface area is 96.6 Å². The lowest BCUT2D eigenvalue weighted by Gasteiger charge is -2.20. The number of rotatable bonds is 5. The van der Waals surface area contributed by atoms with Gasteiger partial charge in [0.05, 0.1) is 0 Å². The highest BCUT2D eigenvalue weighted by Crippen LogP contribution is 2.29. The van der Waals surface area contributed by atoms with Crippen LogP contribution in [0.2, 0.25) is 0 Å². The number of nitrogens with zero attached hydrogens (tertiary/aromatic N) is 2. The molecule has 4 heteroatoms. The fourth-order valence-electron chi connectivity index (χ4n) is 2.36. The zero-order valence-electron chi connectivity index (χ0n) is 10.0. The first kappa shape index (κ1) is 11.6. The van der Waals surface area contributed by atoms with Gasteiger partial charge in [-0.25, -0.2) is 0 Å². The summed E-state index contributed by atoms with van der Waals surface area (Å²) in [6.07, 6.45) is 8.56. The van der Waals surface area contributed by atoms with Gasteiger partial charge in [-0.2, -0.15) is 4.98 Å². The van der Waals surface area contributed by atoms with Crippen molar-refractivity contribution in [1.29, 1.82) is 0 Å². The maximum atomic E-state index is 6.27. The lowest BCUT2D eigenvalue weighted by Crippen LogP contribution is -2.38. The molecule has 0 atom stereocenters. The molecule has 1 aliphatic carbocycles. The molecule has 1 fully saturated rings. The Morgan fingerprint density at radius 1 is 1.38 bits per heavy atom. The van der Waals surface area contributed by atoms with Gasteiger partial charge >= 0.3 is 0 Å². The number of hydrogen-bond donors (Lipinski definition) is 1. The molecule has 0 unspecified atom stereocenters. The van der Waals surface area contributed by atoms with Crippen molar-refractivity contribution in [1.82, 2.24) is 10.1 Å². The Hall–Kier alpha value is -0.900. The smallest absolute Gasteiger partial charge is 0.228 e. The van der Waals surface area contributed by atoms with Gasteiger partial charge in [-0.1, -0.05) is 31.3 Å². The topological polar surface area (TPSA) is 64.9 Å². The third-order valence-corrected chi connectivity index (χ3v) is 3.37. The van der Waals surface area contributed by atoms with Crippen molar-refractivity contribution < 1.29 is 4.52 Å². The van der Waals surface area contributed by atoms with Gasteiger partial charge in [-0.3, -0.25) is 0 Å². The average Bonchev–Trinajstić information content (AvgIpc) is 2.85. The van der Waals surface area contributed by atoms with Crippen molar-refractivity contribution in [3.8, 4) is 0 Å². The fraction of sp³-hybridized carbons (Fsp3) is 0.833. The van der Waals surface area contributed by atoms with Crippen LogP contribution in [0.25, 0.3) is 0 Å². The fourth-order valence-corrected chi connectivity index (χ4v) is 2.36. The van der Waals surface area contributed by atoms with Crippen molar-refractivity contribution in [3.05, 3.63) is 11.7 Å². The molecule has 0 radical (unpaired) electrons. The quantitative estimate of drug-likeness (QED) is 0.831. The second kappa shape index (κ2) is 4.95. The Bertz CT molecular complexity index is 329. The molecule has 90 valence electrons. The van der Waals surface area contributed by atoms with E-state index in [1.54, 1.807) is 0 Å². The van der Waals surface area contributed by atoms with Gasteiger partial charge < -0.3 is 10.3 Å². The molecule has 0 aromatic carbocycles. The van der Waals surface area contributed by atoms with Crippen molar-refractivity contribution >= 4 is 0 Å². The zero-order valence-corrected chi connectivity index (χ0v) is 10.0. The minimum Gasteiger partial charge on any atom is -0.339 e. The summed E-state index contributed by atoms with van der Waals surface area (Å²) >= 11 is 0. The lowest BCUT2D eigenvalue weighted by molar-refractivity contribution is 0.327. The minimum atomic E-state index is -0.0887. The minimum absolute atomic E-state index is 0.0887. The Kier molecular flexibility index (Phi) is 3.59. The molecule has 1 aromatic rings. The lowest BCUT2D eigenvalue weighted by atomic mass is 9.95. The molecule has 2 rings (SSSR count). The summed E-state index contributed by atoms with van der Waals surface area (Å²) in [5.41, 5.74) is 6.18. The van der Waals surface area contributed by atoms with Gasteiger partial charge in [0.15, 0.2) is 5.82 Å². The zero-order chi connectivity index (χ0) is 11.4. The summed E-state index contributed by atoms with van der Waals surface area (Å²) in [5.74, 6) is 1.55. The van der Waals surface area contributed by atoms with Crippen LogP contribution in [-0.2, 0) is 12.8 Å². The van der Waals surface area contributed by atoms with Crippen LogP contribution in [0, 0.1) is 0 Å². The van der Waals surface area contributed by atoms with Gasteiger partial charge in [0, 0.05) is 18.4 Å². The average molecular weight is 223 g/mol. The van der Waals surface area contributed by atoms with E-state index in [-0.39, 0.29) is 5.54 Å². The van der Waals surface area contributed by atoms with E-state index in [0.717, 1.165) is 50.2 Å². The summed E-state index contributed by atoms with van der Waals surface area (Å²) in [4.78, 5) is 4.40. The second-order valence-electron chi connectivity index (χ2n) is 4.95. The molecule has 0 bridgehead atoms. The van der Waals surface area contributed by atoms with Gasteiger partial charge in [0.1, 0.15) is 0 Å². The normalized spacial score (nSPS) is 19.1. The Balaban J connectivity index is 1.91. The molecule has 0 saturated heterocycles. The van der Waals surface area contributed by atoms with Gasteiger partial charge in [-0.05, 0) is 19.3 Å². The molecule has 0 aliphatic heterocycles. The molecule has 1 aliphatic rings. The number of unbranched alkanes of at least 4 members (excludes halogenated alkanes) is 1. The van der Waals surface area contributed by atoms with E-state index < -0.39 is 0 Å². The van der Waals surface area contributed by atoms with Crippen LogP contribution < -0.4 is 5.73 Å². The van der Waals surface area contributed by atoms with Gasteiger partial charge in [0.2, 0.25) is 5.89 Å². The molecule has 0 amide bonds. The summed E-state index contributed by atoms with van der Waals surface area (Å²) in [6.45, 7) is 2.16. The van der Waals surface area contributed by atoms with Gasteiger partial charge in [-0.15, -0.1) is 0 Å². The second-order valence-corrected chi connectivity index (χ2v) is 4.95. The molecular formula is C12H21N3O. The molecule has 1 saturated carbocycles. The van der Waals surface area contributed by atoms with Gasteiger partial charge in [0.25, 0.3) is 0 Å². The Morgan fingerprint density at radius 2 is 2.12 bits per heavy atom. The summed E-state index contributed by atoms with van der Waals surface area (Å²) in [6, 6.07) is 0. The standard InChI is InChI=1S/C12H21N3O/c1-2-3-6-10-14-11(16-15-10)9-12(13)7-4-5-8-12/h2-9,13H2,1H3. The van der Waals surface area contributed by atoms with Crippen LogP contribution in [0.4, 0.5) is 0 Å². The van der Waals surface area contributed by atoms with E-state index in [2.05, 4.69) is 17.1 Å². The highest BCUT2D eigenvalue weighted by atomic mass is 16.5. The molecule has 1 heterocycles. The van der Waals surface area contributed by atoms with Crippen molar-refractivity contribution in [2.24, 2.45) is 5.73 Å². The van der Waals surface area contributed by atoms with Crippen LogP contribution in [0.1, 0.15) is 57.2 Å². The predicted octanol–water partition coefficient (Wildman–Crippen LogP) is 2.23. The van der Waals surface area contributed by atoms with Crippen LogP contribution in [0.15, 0.2) is 4.52 Å². The highest BCUT2D eigenvalue weighted by molar-refractivity contribution is 4.98. The number of aryl methyl sites for hydroxylation is 1. The van der Waals surface area contributed by atoms with E-state index in [1.807, 2.05) is 0 Å². The van der Waals surface area contributed by atoms with Crippen molar-refractivity contribution in [2.45, 2.75) is 63.8 Å². The molecular weight excluding hydrogens is 202 g/mol. The van der Waals surface area contributed by atoms with E-state index in [0.29, 0.717) is 0 Å². The number of hydrogen-bond acceptors (Lipinski definition) is 4. The van der Waals surface area contributed by atoms with E-state index >= 15 is 0 Å². The summed E-state index contributed by atoms with van der Waals surface area (Å²) < 4.78 is 5.25. The molecule has 16 heavy (non-hydrogen) atoms. The largest absolute Gasteiger partial charge is 0.339 e. The van der Waals surface area contributed by atoms with Crippen molar-refractivity contribution in [3.63, 3.8) is 0 Å². The number of nitrogens with two attached hydrogens (primary N) is 1. The monoisotopic (exact) mass is 223 g/mol. The predicted molar refractivity (Wildman–Crippen MR) is 62.0 cm³/mol. The third-order valence-electron chi connectivity index (χ3n) is 3.37. The first-order valence-electron chi connectivity index (χ1n) is 6.32. The SMILES string of the molecule is CCCCc1noc(CC2(N)CCCC2)n1. The van der Waals surface area contributed by atoms with Crippen LogP contribution in [0.5, 0.6) is 0 Å². The first-order valence-corrected chi connectivity index (χ1v) is 6.32. The summed E-state index contributed by atoms with van der Waals surface area (Å²) in [7, 11) is 0. The third kappa shape index (κ3) is 2.82. The van der Waals surface area contributed by atoms with E-state index in [4.69, 9.17) is 10.3 Å². The molecule has 4 nitrogen and oxygen atoms in total. The number of aromatic nitrogens is 2. The van der Waals surface area contributed by atoms with E-state index in [9.17, 15) is 0 Å². The Morgan fingerprint density at radius 3 is 2.81 bits per heavy atom. The van der Waals surface area contributed by atoms with Crippen LogP contribution in [-0.4, -0.2) is 15.7 Å². The van der Waals surface area contributed by atoms with Crippen LogP contribution >= 0.6 is 0 Å². The summed E-state index contributed by atoms with van der Waals surface area (Å²) in [5, 5.41) is 3.99. The molecule has 0 spiro atoms. The molecule has 1 aromatic heterocycles. The highest BCUT2D eigenvalue weighted by Gasteiger charge is 2.31. The first-order chi connectivity index (χ1) is 7.72. The van der Waals surface area contributed by atoms with Crippen LogP contribution in [0.3, 0.4) is 0 Å². The maximum Gasteiger partial charge on any atom is 0.228 e. The van der Waals surface area contributed by atoms with E-state index in [1.165, 1.54) is 12.8 Å². The molecule has 2 N–H and O–H groups in total. The van der Waals surface area contributed by atoms with Crippen molar-refractivity contribution in [2.75, 3.05) is 0 Å².